The molecule has 3 aromatic heterocycles. The number of amides is 1. The average molecular weight is 525 g/mol. The van der Waals surface area contributed by atoms with E-state index >= 15 is 0 Å². The van der Waals surface area contributed by atoms with Crippen LogP contribution in [0.25, 0.3) is 22.7 Å². The van der Waals surface area contributed by atoms with E-state index in [4.69, 9.17) is 13.9 Å². The monoisotopic (exact) mass is 524 g/mol. The minimum Gasteiger partial charge on any atom is -0.478 e. The van der Waals surface area contributed by atoms with E-state index in [-0.39, 0.29) is 22.3 Å². The van der Waals surface area contributed by atoms with E-state index in [9.17, 15) is 13.2 Å². The number of aryl methyl sites for hydroxylation is 1. The first kappa shape index (κ1) is 25.7. The SMILES string of the molecule is COc1nc(C)cnc1N(C(=O)OC(C)(C)C)S(=O)(=O)c1cccnc1-c1ccc(-c2nnco2)cc1. The largest absolute Gasteiger partial charge is 0.478 e. The molecule has 4 aromatic rings. The molecule has 0 bridgehead atoms. The summed E-state index contributed by atoms with van der Waals surface area (Å²) >= 11 is 0. The zero-order valence-electron chi connectivity index (χ0n) is 20.7. The van der Waals surface area contributed by atoms with Gasteiger partial charge in [-0.2, -0.15) is 0 Å². The summed E-state index contributed by atoms with van der Waals surface area (Å²) < 4.78 is 44.5. The summed E-state index contributed by atoms with van der Waals surface area (Å²) in [6.45, 7) is 6.51. The summed E-state index contributed by atoms with van der Waals surface area (Å²) in [5.41, 5.74) is 0.668. The molecule has 0 saturated carbocycles. The van der Waals surface area contributed by atoms with Crippen LogP contribution in [0.2, 0.25) is 0 Å². The normalized spacial score (nSPS) is 11.7. The Morgan fingerprint density at radius 1 is 1.05 bits per heavy atom. The number of aromatic nitrogens is 5. The van der Waals surface area contributed by atoms with Crippen molar-refractivity contribution in [2.75, 3.05) is 11.4 Å². The second-order valence-electron chi connectivity index (χ2n) is 8.77. The molecule has 13 heteroatoms. The van der Waals surface area contributed by atoms with E-state index in [1.54, 1.807) is 52.0 Å². The molecule has 0 fully saturated rings. The topological polar surface area (TPSA) is 150 Å². The maximum atomic E-state index is 14.1. The summed E-state index contributed by atoms with van der Waals surface area (Å²) in [4.78, 5) is 25.7. The molecule has 12 nitrogen and oxygen atoms in total. The van der Waals surface area contributed by atoms with Crippen LogP contribution in [-0.4, -0.2) is 52.4 Å². The van der Waals surface area contributed by atoms with Gasteiger partial charge in [0.1, 0.15) is 10.5 Å². The van der Waals surface area contributed by atoms with Gasteiger partial charge >= 0.3 is 6.09 Å². The fourth-order valence-corrected chi connectivity index (χ4v) is 4.76. The first-order chi connectivity index (χ1) is 17.5. The first-order valence-electron chi connectivity index (χ1n) is 11.0. The third kappa shape index (κ3) is 5.40. The number of benzene rings is 1. The van der Waals surface area contributed by atoms with Crippen molar-refractivity contribution in [1.82, 2.24) is 25.1 Å². The van der Waals surface area contributed by atoms with Gasteiger partial charge in [0.25, 0.3) is 15.9 Å². The van der Waals surface area contributed by atoms with Crippen LogP contribution in [0.3, 0.4) is 0 Å². The molecule has 1 aromatic carbocycles. The number of pyridine rings is 1. The van der Waals surface area contributed by atoms with Crippen molar-refractivity contribution in [3.63, 3.8) is 0 Å². The Balaban J connectivity index is 1.86. The Kier molecular flexibility index (Phi) is 6.90. The standard InChI is InChI=1S/C24H24N6O6S/c1-15-13-26-20(22(28-15)34-5)30(23(31)36-24(2,3)4)37(32,33)18-7-6-12-25-19(18)16-8-10-17(11-9-16)21-29-27-14-35-21/h6-14H,1-5H3. The minimum absolute atomic E-state index is 0.104. The molecule has 0 aliphatic rings. The smallest absolute Gasteiger partial charge is 0.430 e. The van der Waals surface area contributed by atoms with Crippen molar-refractivity contribution in [3.05, 3.63) is 60.9 Å². The van der Waals surface area contributed by atoms with Crippen molar-refractivity contribution >= 4 is 21.9 Å². The number of methoxy groups -OCH3 is 1. The van der Waals surface area contributed by atoms with Gasteiger partial charge in [-0.05, 0) is 52.0 Å². The van der Waals surface area contributed by atoms with E-state index in [0.717, 1.165) is 0 Å². The Bertz CT molecular complexity index is 1520. The lowest BCUT2D eigenvalue weighted by Crippen LogP contribution is -2.42. The van der Waals surface area contributed by atoms with E-state index < -0.39 is 21.7 Å². The molecule has 0 aliphatic carbocycles. The predicted molar refractivity (Wildman–Crippen MR) is 132 cm³/mol. The zero-order valence-corrected chi connectivity index (χ0v) is 21.6. The summed E-state index contributed by atoms with van der Waals surface area (Å²) in [7, 11) is -3.33. The van der Waals surface area contributed by atoms with Crippen LogP contribution in [0.1, 0.15) is 26.5 Å². The summed E-state index contributed by atoms with van der Waals surface area (Å²) in [5.74, 6) is -0.200. The second kappa shape index (κ2) is 9.93. The van der Waals surface area contributed by atoms with Crippen molar-refractivity contribution in [2.24, 2.45) is 0 Å². The highest BCUT2D eigenvalue weighted by Crippen LogP contribution is 2.34. The van der Waals surface area contributed by atoms with Gasteiger partial charge in [-0.15, -0.1) is 14.5 Å². The molecule has 0 spiro atoms. The Hall–Kier alpha value is -4.39. The molecule has 0 unspecified atom stereocenters. The molecule has 3 heterocycles. The van der Waals surface area contributed by atoms with Crippen molar-refractivity contribution in [3.8, 4) is 28.6 Å². The molecule has 192 valence electrons. The molecular weight excluding hydrogens is 500 g/mol. The lowest BCUT2D eigenvalue weighted by atomic mass is 10.1. The lowest BCUT2D eigenvalue weighted by molar-refractivity contribution is 0.0607. The van der Waals surface area contributed by atoms with E-state index in [1.807, 2.05) is 0 Å². The number of carbonyl (C=O) groups excluding carboxylic acids is 1. The van der Waals surface area contributed by atoms with Gasteiger partial charge < -0.3 is 13.9 Å². The third-order valence-corrected chi connectivity index (χ3v) is 6.53. The molecular formula is C24H24N6O6S. The van der Waals surface area contributed by atoms with Gasteiger partial charge in [-0.1, -0.05) is 12.1 Å². The molecule has 0 atom stereocenters. The third-order valence-electron chi connectivity index (χ3n) is 4.84. The number of hydrogen-bond donors (Lipinski definition) is 0. The van der Waals surface area contributed by atoms with E-state index in [1.165, 1.54) is 38.0 Å². The van der Waals surface area contributed by atoms with Crippen molar-refractivity contribution in [1.29, 1.82) is 0 Å². The van der Waals surface area contributed by atoms with Crippen LogP contribution in [0, 0.1) is 6.92 Å². The van der Waals surface area contributed by atoms with Gasteiger partial charge in [-0.3, -0.25) is 4.98 Å². The van der Waals surface area contributed by atoms with Gasteiger partial charge in [0.2, 0.25) is 18.1 Å². The van der Waals surface area contributed by atoms with Gasteiger partial charge in [-0.25, -0.2) is 23.2 Å². The number of ether oxygens (including phenoxy) is 2. The van der Waals surface area contributed by atoms with Crippen molar-refractivity contribution in [2.45, 2.75) is 38.2 Å². The molecule has 0 N–H and O–H groups in total. The molecule has 0 aliphatic heterocycles. The Labute approximate surface area is 213 Å². The highest BCUT2D eigenvalue weighted by Gasteiger charge is 2.39. The number of nitrogens with zero attached hydrogens (tertiary/aromatic N) is 6. The van der Waals surface area contributed by atoms with Gasteiger partial charge in [0.05, 0.1) is 24.7 Å². The molecule has 37 heavy (non-hydrogen) atoms. The highest BCUT2D eigenvalue weighted by atomic mass is 32.2. The van der Waals surface area contributed by atoms with Gasteiger partial charge in [0, 0.05) is 17.3 Å². The Morgan fingerprint density at radius 3 is 2.38 bits per heavy atom. The second-order valence-corrected chi connectivity index (χ2v) is 10.5. The number of hydrogen-bond acceptors (Lipinski definition) is 11. The van der Waals surface area contributed by atoms with E-state index in [2.05, 4.69) is 25.1 Å². The first-order valence-corrected chi connectivity index (χ1v) is 12.4. The minimum atomic E-state index is -4.63. The molecule has 1 amide bonds. The number of rotatable bonds is 6. The highest BCUT2D eigenvalue weighted by molar-refractivity contribution is 7.93. The average Bonchev–Trinajstić information content (AvgIpc) is 3.39. The van der Waals surface area contributed by atoms with Crippen LogP contribution in [0.4, 0.5) is 10.6 Å². The lowest BCUT2D eigenvalue weighted by Gasteiger charge is -2.27. The Morgan fingerprint density at radius 2 is 1.76 bits per heavy atom. The summed E-state index contributed by atoms with van der Waals surface area (Å²) in [5, 5.41) is 7.52. The maximum absolute atomic E-state index is 14.1. The van der Waals surface area contributed by atoms with Gasteiger partial charge in [0.15, 0.2) is 0 Å². The molecule has 0 radical (unpaired) electrons. The molecule has 4 rings (SSSR count). The number of sulfonamides is 1. The van der Waals surface area contributed by atoms with Crippen LogP contribution >= 0.6 is 0 Å². The summed E-state index contributed by atoms with van der Waals surface area (Å²) in [6, 6.07) is 9.49. The maximum Gasteiger partial charge on any atom is 0.430 e. The van der Waals surface area contributed by atoms with E-state index in [0.29, 0.717) is 27.0 Å². The number of carbonyl (C=O) groups is 1. The van der Waals surface area contributed by atoms with Crippen LogP contribution in [0.5, 0.6) is 5.88 Å². The quantitative estimate of drug-likeness (QED) is 0.359. The predicted octanol–water partition coefficient (Wildman–Crippen LogP) is 4.04. The number of anilines is 1. The van der Waals surface area contributed by atoms with Crippen LogP contribution in [-0.2, 0) is 14.8 Å². The fourth-order valence-electron chi connectivity index (χ4n) is 3.31. The van der Waals surface area contributed by atoms with Crippen LogP contribution in [0.15, 0.2) is 64.5 Å². The fraction of sp³-hybridized carbons (Fsp3) is 0.250. The summed E-state index contributed by atoms with van der Waals surface area (Å²) in [6.07, 6.45) is 2.81. The molecule has 0 saturated heterocycles. The van der Waals surface area contributed by atoms with Crippen LogP contribution < -0.4 is 9.04 Å². The zero-order chi connectivity index (χ0) is 26.8. The van der Waals surface area contributed by atoms with Crippen molar-refractivity contribution < 1.29 is 27.1 Å².